The zero-order chi connectivity index (χ0) is 23.4. The summed E-state index contributed by atoms with van der Waals surface area (Å²) in [6.45, 7) is 4.57. The summed E-state index contributed by atoms with van der Waals surface area (Å²) in [4.78, 5) is 38.6. The molecule has 3 aliphatic rings. The first kappa shape index (κ1) is 23.5. The lowest BCUT2D eigenvalue weighted by Gasteiger charge is -2.38. The molecule has 1 atom stereocenters. The maximum absolute atomic E-state index is 14.9. The molecule has 8 nitrogen and oxygen atoms in total. The quantitative estimate of drug-likeness (QED) is 0.537. The fourth-order valence-corrected chi connectivity index (χ4v) is 5.23. The molecule has 0 aromatic heterocycles. The van der Waals surface area contributed by atoms with Gasteiger partial charge in [-0.15, -0.1) is 0 Å². The molecule has 9 heteroatoms. The number of carbonyl (C=O) groups excluding carboxylic acids is 2. The number of imide groups is 1. The van der Waals surface area contributed by atoms with Crippen LogP contribution in [0.2, 0.25) is 0 Å². The van der Waals surface area contributed by atoms with E-state index in [9.17, 15) is 18.8 Å². The topological polar surface area (TPSA) is 102 Å². The SMILES string of the molecule is O=C(O)CC1CCN(CC2CCN(c3ccc(NC4CCC(=O)NC4=O)cc3F)CC2)CC1. The highest BCUT2D eigenvalue weighted by Gasteiger charge is 2.28. The maximum atomic E-state index is 14.9. The first-order chi connectivity index (χ1) is 15.9. The van der Waals surface area contributed by atoms with Crippen LogP contribution in [0.25, 0.3) is 0 Å². The van der Waals surface area contributed by atoms with Crippen molar-refractivity contribution in [3.8, 4) is 0 Å². The van der Waals surface area contributed by atoms with Crippen LogP contribution in [0.3, 0.4) is 0 Å². The summed E-state index contributed by atoms with van der Waals surface area (Å²) in [5.74, 6) is -0.779. The van der Waals surface area contributed by atoms with Crippen molar-refractivity contribution in [3.63, 3.8) is 0 Å². The number of hydrogen-bond donors (Lipinski definition) is 3. The van der Waals surface area contributed by atoms with Crippen molar-refractivity contribution in [1.29, 1.82) is 0 Å². The molecule has 180 valence electrons. The molecular formula is C24H33FN4O4. The van der Waals surface area contributed by atoms with Crippen molar-refractivity contribution in [2.75, 3.05) is 42.9 Å². The Labute approximate surface area is 193 Å². The minimum absolute atomic E-state index is 0.273. The summed E-state index contributed by atoms with van der Waals surface area (Å²) in [5.41, 5.74) is 1.11. The largest absolute Gasteiger partial charge is 0.481 e. The van der Waals surface area contributed by atoms with Gasteiger partial charge < -0.3 is 20.2 Å². The van der Waals surface area contributed by atoms with Crippen LogP contribution in [0.4, 0.5) is 15.8 Å². The summed E-state index contributed by atoms with van der Waals surface area (Å²) in [7, 11) is 0. The van der Waals surface area contributed by atoms with Gasteiger partial charge >= 0.3 is 5.97 Å². The fourth-order valence-electron chi connectivity index (χ4n) is 5.23. The molecule has 1 unspecified atom stereocenters. The standard InChI is InChI=1S/C24H33FN4O4/c25-19-14-18(26-20-2-4-22(30)27-24(20)33)1-3-21(19)29-11-7-17(8-12-29)15-28-9-5-16(6-10-28)13-23(31)32/h1,3,14,16-17,20,26H,2,4-13,15H2,(H,31,32)(H,27,30,33). The van der Waals surface area contributed by atoms with Crippen LogP contribution >= 0.6 is 0 Å². The molecule has 0 spiro atoms. The number of carboxylic acids is 1. The van der Waals surface area contributed by atoms with Gasteiger partial charge in [0.25, 0.3) is 0 Å². The summed E-state index contributed by atoms with van der Waals surface area (Å²) in [5, 5.41) is 14.3. The number of benzene rings is 1. The molecule has 3 saturated heterocycles. The van der Waals surface area contributed by atoms with Crippen molar-refractivity contribution in [3.05, 3.63) is 24.0 Å². The Bertz CT molecular complexity index is 879. The van der Waals surface area contributed by atoms with Crippen LogP contribution in [0.5, 0.6) is 0 Å². The van der Waals surface area contributed by atoms with Crippen LogP contribution < -0.4 is 15.5 Å². The number of piperidine rings is 3. The van der Waals surface area contributed by atoms with Crippen molar-refractivity contribution >= 4 is 29.2 Å². The van der Waals surface area contributed by atoms with Gasteiger partial charge in [-0.25, -0.2) is 4.39 Å². The van der Waals surface area contributed by atoms with E-state index in [4.69, 9.17) is 5.11 Å². The van der Waals surface area contributed by atoms with Crippen LogP contribution in [0.15, 0.2) is 18.2 Å². The Kier molecular flexibility index (Phi) is 7.47. The molecule has 1 aromatic rings. The molecule has 0 radical (unpaired) electrons. The molecule has 0 aliphatic carbocycles. The number of likely N-dealkylation sites (tertiary alicyclic amines) is 1. The number of rotatable bonds is 7. The van der Waals surface area contributed by atoms with Crippen molar-refractivity contribution in [2.24, 2.45) is 11.8 Å². The molecule has 3 fully saturated rings. The van der Waals surface area contributed by atoms with Crippen LogP contribution in [0, 0.1) is 17.7 Å². The van der Waals surface area contributed by atoms with E-state index < -0.39 is 12.0 Å². The summed E-state index contributed by atoms with van der Waals surface area (Å²) < 4.78 is 14.9. The van der Waals surface area contributed by atoms with E-state index in [2.05, 4.69) is 20.4 Å². The number of nitrogens with zero attached hydrogens (tertiary/aromatic N) is 2. The van der Waals surface area contributed by atoms with Gasteiger partial charge in [-0.05, 0) is 75.2 Å². The summed E-state index contributed by atoms with van der Waals surface area (Å²) in [6.07, 6.45) is 4.87. The molecule has 0 bridgehead atoms. The highest BCUT2D eigenvalue weighted by molar-refractivity contribution is 6.01. The van der Waals surface area contributed by atoms with E-state index >= 15 is 0 Å². The predicted octanol–water partition coefficient (Wildman–Crippen LogP) is 2.45. The Morgan fingerprint density at radius 3 is 2.39 bits per heavy atom. The lowest BCUT2D eigenvalue weighted by molar-refractivity contribution is -0.138. The summed E-state index contributed by atoms with van der Waals surface area (Å²) >= 11 is 0. The van der Waals surface area contributed by atoms with Gasteiger partial charge in [-0.2, -0.15) is 0 Å². The third-order valence-electron chi connectivity index (χ3n) is 7.17. The molecule has 2 amide bonds. The monoisotopic (exact) mass is 460 g/mol. The third kappa shape index (κ3) is 6.22. The van der Waals surface area contributed by atoms with E-state index in [-0.39, 0.29) is 30.5 Å². The average Bonchev–Trinajstić information content (AvgIpc) is 2.78. The van der Waals surface area contributed by atoms with Gasteiger partial charge in [-0.3, -0.25) is 19.7 Å². The van der Waals surface area contributed by atoms with Crippen molar-refractivity contribution in [2.45, 2.75) is 51.0 Å². The highest BCUT2D eigenvalue weighted by atomic mass is 19.1. The minimum atomic E-state index is -0.701. The third-order valence-corrected chi connectivity index (χ3v) is 7.17. The number of anilines is 2. The van der Waals surface area contributed by atoms with Crippen LogP contribution in [-0.4, -0.2) is 66.6 Å². The van der Waals surface area contributed by atoms with E-state index in [1.165, 1.54) is 6.07 Å². The lowest BCUT2D eigenvalue weighted by Crippen LogP contribution is -2.47. The predicted molar refractivity (Wildman–Crippen MR) is 123 cm³/mol. The van der Waals surface area contributed by atoms with E-state index in [0.29, 0.717) is 29.6 Å². The number of halogens is 1. The summed E-state index contributed by atoms with van der Waals surface area (Å²) in [6, 6.07) is 4.44. The molecular weight excluding hydrogens is 427 g/mol. The molecule has 33 heavy (non-hydrogen) atoms. The average molecular weight is 461 g/mol. The van der Waals surface area contributed by atoms with Gasteiger partial charge in [0.2, 0.25) is 11.8 Å². The molecule has 3 heterocycles. The van der Waals surface area contributed by atoms with Crippen molar-refractivity contribution < 1.29 is 23.9 Å². The normalized spacial score (nSPS) is 23.4. The smallest absolute Gasteiger partial charge is 0.303 e. The Morgan fingerprint density at radius 2 is 1.76 bits per heavy atom. The van der Waals surface area contributed by atoms with Crippen molar-refractivity contribution in [1.82, 2.24) is 10.2 Å². The zero-order valence-corrected chi connectivity index (χ0v) is 18.9. The Balaban J connectivity index is 1.24. The second-order valence-electron chi connectivity index (χ2n) is 9.59. The molecule has 3 aliphatic heterocycles. The van der Waals surface area contributed by atoms with Gasteiger partial charge in [0.05, 0.1) is 5.69 Å². The highest BCUT2D eigenvalue weighted by Crippen LogP contribution is 2.29. The number of aliphatic carboxylic acids is 1. The first-order valence-corrected chi connectivity index (χ1v) is 12.0. The molecule has 4 rings (SSSR count). The first-order valence-electron chi connectivity index (χ1n) is 12.0. The van der Waals surface area contributed by atoms with Crippen LogP contribution in [0.1, 0.15) is 44.9 Å². The second kappa shape index (κ2) is 10.5. The number of amides is 2. The van der Waals surface area contributed by atoms with E-state index in [1.54, 1.807) is 12.1 Å². The van der Waals surface area contributed by atoms with E-state index in [0.717, 1.165) is 58.4 Å². The Morgan fingerprint density at radius 1 is 1.06 bits per heavy atom. The van der Waals surface area contributed by atoms with Crippen LogP contribution in [-0.2, 0) is 14.4 Å². The lowest BCUT2D eigenvalue weighted by atomic mass is 9.91. The minimum Gasteiger partial charge on any atom is -0.481 e. The Hall–Kier alpha value is -2.68. The number of carboxylic acid groups (broad SMARTS) is 1. The molecule has 3 N–H and O–H groups in total. The second-order valence-corrected chi connectivity index (χ2v) is 9.59. The number of nitrogens with one attached hydrogen (secondary N) is 2. The molecule has 0 saturated carbocycles. The van der Waals surface area contributed by atoms with Gasteiger partial charge in [0.15, 0.2) is 0 Å². The zero-order valence-electron chi connectivity index (χ0n) is 18.9. The van der Waals surface area contributed by atoms with Gasteiger partial charge in [-0.1, -0.05) is 0 Å². The van der Waals surface area contributed by atoms with Gasteiger partial charge in [0.1, 0.15) is 11.9 Å². The van der Waals surface area contributed by atoms with E-state index in [1.807, 2.05) is 0 Å². The maximum Gasteiger partial charge on any atom is 0.303 e. The molecule has 1 aromatic carbocycles. The number of hydrogen-bond acceptors (Lipinski definition) is 6. The number of carbonyl (C=O) groups is 3. The fraction of sp³-hybridized carbons (Fsp3) is 0.625. The van der Waals surface area contributed by atoms with Gasteiger partial charge in [0, 0.05) is 38.2 Å².